The van der Waals surface area contributed by atoms with Crippen molar-refractivity contribution in [3.05, 3.63) is 29.8 Å². The molecule has 14 heavy (non-hydrogen) atoms. The van der Waals surface area contributed by atoms with Crippen molar-refractivity contribution < 1.29 is 4.74 Å². The Bertz CT molecular complexity index is 353. The molecule has 0 spiro atoms. The Labute approximate surface area is 84.1 Å². The highest BCUT2D eigenvalue weighted by Crippen LogP contribution is 2.12. The molecule has 0 N–H and O–H groups in total. The highest BCUT2D eigenvalue weighted by Gasteiger charge is 1.94. The van der Waals surface area contributed by atoms with E-state index in [4.69, 9.17) is 16.4 Å². The maximum absolute atomic E-state index is 8.46. The van der Waals surface area contributed by atoms with Crippen LogP contribution in [0, 0.1) is 23.7 Å². The van der Waals surface area contributed by atoms with Crippen LogP contribution in [-0.4, -0.2) is 6.61 Å². The molecule has 0 fully saturated rings. The summed E-state index contributed by atoms with van der Waals surface area (Å²) in [4.78, 5) is 0. The Morgan fingerprint density at radius 2 is 2.00 bits per heavy atom. The van der Waals surface area contributed by atoms with Gasteiger partial charge < -0.3 is 4.74 Å². The van der Waals surface area contributed by atoms with Gasteiger partial charge in [0.2, 0.25) is 0 Å². The first-order valence-corrected chi connectivity index (χ1v) is 4.39. The molecule has 1 rings (SSSR count). The summed E-state index contributed by atoms with van der Waals surface area (Å²) in [5, 5.41) is 8.46. The van der Waals surface area contributed by atoms with Crippen LogP contribution in [-0.2, 0) is 6.42 Å². The Hall–Kier alpha value is -1.93. The lowest BCUT2D eigenvalue weighted by Crippen LogP contribution is -1.95. The lowest BCUT2D eigenvalue weighted by atomic mass is 10.2. The summed E-state index contributed by atoms with van der Waals surface area (Å²) >= 11 is 0. The summed E-state index contributed by atoms with van der Waals surface area (Å²) in [6, 6.07) is 9.56. The van der Waals surface area contributed by atoms with Gasteiger partial charge in [-0.3, -0.25) is 0 Å². The van der Waals surface area contributed by atoms with Gasteiger partial charge in [0.25, 0.3) is 0 Å². The SMILES string of the molecule is C#CCCOc1ccc(CC#N)cc1. The molecule has 2 heteroatoms. The van der Waals surface area contributed by atoms with E-state index in [2.05, 4.69) is 12.0 Å². The van der Waals surface area contributed by atoms with Gasteiger partial charge in [-0.15, -0.1) is 12.3 Å². The number of nitrogens with zero attached hydrogens (tertiary/aromatic N) is 1. The maximum Gasteiger partial charge on any atom is 0.119 e. The van der Waals surface area contributed by atoms with Gasteiger partial charge in [-0.2, -0.15) is 5.26 Å². The van der Waals surface area contributed by atoms with Crippen LogP contribution in [0.2, 0.25) is 0 Å². The molecular formula is C12H11NO. The monoisotopic (exact) mass is 185 g/mol. The largest absolute Gasteiger partial charge is 0.493 e. The first kappa shape index (κ1) is 10.2. The molecule has 0 aromatic heterocycles. The van der Waals surface area contributed by atoms with Crippen molar-refractivity contribution in [2.45, 2.75) is 12.8 Å². The van der Waals surface area contributed by atoms with Crippen LogP contribution in [0.3, 0.4) is 0 Å². The van der Waals surface area contributed by atoms with Gasteiger partial charge in [0.05, 0.1) is 19.1 Å². The standard InChI is InChI=1S/C12H11NO/c1-2-3-10-14-12-6-4-11(5-7-12)8-9-13/h1,4-7H,3,8,10H2. The lowest BCUT2D eigenvalue weighted by Gasteiger charge is -2.03. The minimum Gasteiger partial charge on any atom is -0.493 e. The molecule has 0 aliphatic rings. The van der Waals surface area contributed by atoms with Crippen molar-refractivity contribution in [2.75, 3.05) is 6.61 Å². The van der Waals surface area contributed by atoms with Gasteiger partial charge in [-0.1, -0.05) is 12.1 Å². The number of nitriles is 1. The Morgan fingerprint density at radius 1 is 1.29 bits per heavy atom. The average molecular weight is 185 g/mol. The molecule has 0 heterocycles. The molecule has 0 saturated carbocycles. The fourth-order valence-electron chi connectivity index (χ4n) is 1.02. The highest BCUT2D eigenvalue weighted by atomic mass is 16.5. The second kappa shape index (κ2) is 5.67. The molecule has 0 atom stereocenters. The van der Waals surface area contributed by atoms with Crippen molar-refractivity contribution in [3.63, 3.8) is 0 Å². The molecule has 0 amide bonds. The normalized spacial score (nSPS) is 8.71. The quantitative estimate of drug-likeness (QED) is 0.532. The first-order chi connectivity index (χ1) is 6.86. The van der Waals surface area contributed by atoms with Crippen LogP contribution in [0.4, 0.5) is 0 Å². The van der Waals surface area contributed by atoms with E-state index in [1.807, 2.05) is 24.3 Å². The minimum absolute atomic E-state index is 0.435. The third-order valence-corrected chi connectivity index (χ3v) is 1.72. The third kappa shape index (κ3) is 3.21. The van der Waals surface area contributed by atoms with Crippen LogP contribution in [0.1, 0.15) is 12.0 Å². The summed E-state index contributed by atoms with van der Waals surface area (Å²) < 4.78 is 5.35. The second-order valence-corrected chi connectivity index (χ2v) is 2.78. The van der Waals surface area contributed by atoms with Gasteiger partial charge in [0.15, 0.2) is 0 Å². The molecule has 0 unspecified atom stereocenters. The van der Waals surface area contributed by atoms with Crippen molar-refractivity contribution in [3.8, 4) is 24.2 Å². The summed E-state index contributed by atoms with van der Waals surface area (Å²) in [6.45, 7) is 0.536. The van der Waals surface area contributed by atoms with Crippen LogP contribution < -0.4 is 4.74 Å². The van der Waals surface area contributed by atoms with E-state index in [1.54, 1.807) is 0 Å². The second-order valence-electron chi connectivity index (χ2n) is 2.78. The number of terminal acetylenes is 1. The van der Waals surface area contributed by atoms with E-state index in [1.165, 1.54) is 0 Å². The van der Waals surface area contributed by atoms with Gasteiger partial charge in [-0.05, 0) is 17.7 Å². The van der Waals surface area contributed by atoms with E-state index in [-0.39, 0.29) is 0 Å². The fraction of sp³-hybridized carbons (Fsp3) is 0.250. The fourth-order valence-corrected chi connectivity index (χ4v) is 1.02. The highest BCUT2D eigenvalue weighted by molar-refractivity contribution is 5.28. The predicted molar refractivity (Wildman–Crippen MR) is 54.7 cm³/mol. The van der Waals surface area contributed by atoms with Crippen LogP contribution in [0.25, 0.3) is 0 Å². The van der Waals surface area contributed by atoms with Crippen molar-refractivity contribution in [1.29, 1.82) is 5.26 Å². The van der Waals surface area contributed by atoms with Crippen molar-refractivity contribution in [1.82, 2.24) is 0 Å². The zero-order chi connectivity index (χ0) is 10.2. The number of rotatable bonds is 4. The van der Waals surface area contributed by atoms with Crippen LogP contribution >= 0.6 is 0 Å². The number of ether oxygens (including phenoxy) is 1. The molecule has 0 saturated heterocycles. The minimum atomic E-state index is 0.435. The molecule has 70 valence electrons. The molecule has 2 nitrogen and oxygen atoms in total. The predicted octanol–water partition coefficient (Wildman–Crippen LogP) is 2.15. The Kier molecular flexibility index (Phi) is 4.11. The van der Waals surface area contributed by atoms with Crippen LogP contribution in [0.15, 0.2) is 24.3 Å². The van der Waals surface area contributed by atoms with E-state index >= 15 is 0 Å². The molecule has 0 radical (unpaired) electrons. The third-order valence-electron chi connectivity index (χ3n) is 1.72. The molecular weight excluding hydrogens is 174 g/mol. The Morgan fingerprint density at radius 3 is 2.57 bits per heavy atom. The zero-order valence-electron chi connectivity index (χ0n) is 7.86. The van der Waals surface area contributed by atoms with Gasteiger partial charge in [0.1, 0.15) is 5.75 Å². The summed E-state index contributed by atoms with van der Waals surface area (Å²) in [5.74, 6) is 3.30. The summed E-state index contributed by atoms with van der Waals surface area (Å²) in [6.07, 6.45) is 6.14. The van der Waals surface area contributed by atoms with E-state index in [9.17, 15) is 0 Å². The van der Waals surface area contributed by atoms with E-state index in [0.29, 0.717) is 19.4 Å². The first-order valence-electron chi connectivity index (χ1n) is 4.39. The van der Waals surface area contributed by atoms with Gasteiger partial charge in [0, 0.05) is 6.42 Å². The summed E-state index contributed by atoms with van der Waals surface area (Å²) in [5.41, 5.74) is 0.997. The lowest BCUT2D eigenvalue weighted by molar-refractivity contribution is 0.327. The van der Waals surface area contributed by atoms with Crippen molar-refractivity contribution in [2.24, 2.45) is 0 Å². The molecule has 1 aromatic rings. The van der Waals surface area contributed by atoms with E-state index in [0.717, 1.165) is 11.3 Å². The molecule has 0 aliphatic heterocycles. The van der Waals surface area contributed by atoms with E-state index < -0.39 is 0 Å². The van der Waals surface area contributed by atoms with Crippen molar-refractivity contribution >= 4 is 0 Å². The van der Waals surface area contributed by atoms with Gasteiger partial charge in [-0.25, -0.2) is 0 Å². The topological polar surface area (TPSA) is 33.0 Å². The summed E-state index contributed by atoms with van der Waals surface area (Å²) in [7, 11) is 0. The molecule has 1 aromatic carbocycles. The average Bonchev–Trinajstić information content (AvgIpc) is 2.21. The van der Waals surface area contributed by atoms with Crippen LogP contribution in [0.5, 0.6) is 5.75 Å². The van der Waals surface area contributed by atoms with Gasteiger partial charge >= 0.3 is 0 Å². The smallest absolute Gasteiger partial charge is 0.119 e. The molecule has 0 aliphatic carbocycles. The maximum atomic E-state index is 8.46. The Balaban J connectivity index is 2.48. The number of hydrogen-bond acceptors (Lipinski definition) is 2. The zero-order valence-corrected chi connectivity index (χ0v) is 7.86. The molecule has 0 bridgehead atoms. The number of hydrogen-bond donors (Lipinski definition) is 0. The number of benzene rings is 1.